The Morgan fingerprint density at radius 3 is 2.39 bits per heavy atom. The second-order valence-electron chi connectivity index (χ2n) is 5.90. The molecule has 1 aromatic carbocycles. The highest BCUT2D eigenvalue weighted by Crippen LogP contribution is 2.43. The number of benzene rings is 1. The van der Waals surface area contributed by atoms with Gasteiger partial charge in [-0.3, -0.25) is 9.59 Å². The summed E-state index contributed by atoms with van der Waals surface area (Å²) in [6.07, 6.45) is 0.908. The highest BCUT2D eigenvalue weighted by Gasteiger charge is 2.51. The van der Waals surface area contributed by atoms with Crippen molar-refractivity contribution in [1.29, 1.82) is 0 Å². The monoisotopic (exact) mass is 384 g/mol. The van der Waals surface area contributed by atoms with Crippen LogP contribution in [0.2, 0.25) is 0 Å². The largest absolute Gasteiger partial charge is 0.469 e. The number of halogens is 1. The summed E-state index contributed by atoms with van der Waals surface area (Å²) >= 11 is 3.29. The van der Waals surface area contributed by atoms with Crippen molar-refractivity contribution in [3.05, 3.63) is 35.9 Å². The van der Waals surface area contributed by atoms with Crippen molar-refractivity contribution in [1.82, 2.24) is 0 Å². The third-order valence-corrected chi connectivity index (χ3v) is 4.67. The molecule has 1 aliphatic rings. The summed E-state index contributed by atoms with van der Waals surface area (Å²) in [5, 5.41) is 11.2. The van der Waals surface area contributed by atoms with Gasteiger partial charge in [-0.2, -0.15) is 0 Å². The van der Waals surface area contributed by atoms with Gasteiger partial charge in [0, 0.05) is 5.33 Å². The zero-order valence-corrected chi connectivity index (χ0v) is 14.6. The van der Waals surface area contributed by atoms with E-state index in [0.717, 1.165) is 5.56 Å². The van der Waals surface area contributed by atoms with E-state index in [2.05, 4.69) is 15.9 Å². The second kappa shape index (κ2) is 7.93. The molecular formula is C17H21BrO5. The van der Waals surface area contributed by atoms with Gasteiger partial charge in [0.25, 0.3) is 0 Å². The van der Waals surface area contributed by atoms with E-state index >= 15 is 0 Å². The van der Waals surface area contributed by atoms with Crippen LogP contribution in [0.15, 0.2) is 30.3 Å². The van der Waals surface area contributed by atoms with E-state index in [-0.39, 0.29) is 19.4 Å². The Hall–Kier alpha value is -1.40. The number of esters is 2. The fourth-order valence-electron chi connectivity index (χ4n) is 3.05. The fraction of sp³-hybridized carbons (Fsp3) is 0.529. The zero-order chi connectivity index (χ0) is 16.9. The van der Waals surface area contributed by atoms with Gasteiger partial charge in [0.15, 0.2) is 0 Å². The number of rotatable bonds is 6. The van der Waals surface area contributed by atoms with E-state index in [9.17, 15) is 14.7 Å². The number of methoxy groups -OCH3 is 1. The van der Waals surface area contributed by atoms with Crippen molar-refractivity contribution in [2.75, 3.05) is 12.4 Å². The number of hydrogen-bond acceptors (Lipinski definition) is 5. The van der Waals surface area contributed by atoms with Gasteiger partial charge in [0.1, 0.15) is 6.61 Å². The highest BCUT2D eigenvalue weighted by atomic mass is 79.9. The molecule has 0 aromatic heterocycles. The summed E-state index contributed by atoms with van der Waals surface area (Å²) in [5.74, 6) is -2.27. The molecular weight excluding hydrogens is 364 g/mol. The molecule has 6 heteroatoms. The lowest BCUT2D eigenvalue weighted by molar-refractivity contribution is -0.158. The normalized spacial score (nSPS) is 26.7. The Morgan fingerprint density at radius 2 is 1.83 bits per heavy atom. The third kappa shape index (κ3) is 4.54. The average molecular weight is 385 g/mol. The summed E-state index contributed by atoms with van der Waals surface area (Å²) in [6.45, 7) is 0.154. The minimum absolute atomic E-state index is 0.154. The zero-order valence-electron chi connectivity index (χ0n) is 13.0. The Labute approximate surface area is 144 Å². The van der Waals surface area contributed by atoms with E-state index < -0.39 is 29.4 Å². The van der Waals surface area contributed by atoms with Crippen molar-refractivity contribution in [3.8, 4) is 0 Å². The van der Waals surface area contributed by atoms with Gasteiger partial charge in [-0.15, -0.1) is 0 Å². The Balaban J connectivity index is 2.04. The molecule has 1 aromatic rings. The Bertz CT molecular complexity index is 547. The van der Waals surface area contributed by atoms with Gasteiger partial charge in [-0.05, 0) is 24.8 Å². The van der Waals surface area contributed by atoms with Crippen molar-refractivity contribution in [3.63, 3.8) is 0 Å². The van der Waals surface area contributed by atoms with Gasteiger partial charge in [0.2, 0.25) is 0 Å². The molecule has 3 unspecified atom stereocenters. The van der Waals surface area contributed by atoms with E-state index in [0.29, 0.717) is 11.8 Å². The summed E-state index contributed by atoms with van der Waals surface area (Å²) in [5.41, 5.74) is -0.164. The van der Waals surface area contributed by atoms with Crippen LogP contribution in [0.25, 0.3) is 0 Å². The first-order chi connectivity index (χ1) is 11.0. The molecule has 0 saturated heterocycles. The molecule has 126 valence electrons. The molecule has 0 aliphatic heterocycles. The SMILES string of the molecule is COC(=O)C1CC(O)(CCBr)CC1C(=O)OCc1ccccc1. The lowest BCUT2D eigenvalue weighted by atomic mass is 9.96. The molecule has 0 radical (unpaired) electrons. The van der Waals surface area contributed by atoms with Crippen LogP contribution in [0, 0.1) is 11.8 Å². The van der Waals surface area contributed by atoms with Gasteiger partial charge in [0.05, 0.1) is 24.5 Å². The van der Waals surface area contributed by atoms with Crippen LogP contribution < -0.4 is 0 Å². The van der Waals surface area contributed by atoms with Crippen LogP contribution in [0.3, 0.4) is 0 Å². The van der Waals surface area contributed by atoms with Gasteiger partial charge in [-0.1, -0.05) is 46.3 Å². The molecule has 0 bridgehead atoms. The maximum Gasteiger partial charge on any atom is 0.310 e. The number of aliphatic hydroxyl groups is 1. The maximum absolute atomic E-state index is 12.4. The van der Waals surface area contributed by atoms with Crippen LogP contribution in [0.4, 0.5) is 0 Å². The van der Waals surface area contributed by atoms with E-state index in [1.165, 1.54) is 7.11 Å². The molecule has 2 rings (SSSR count). The number of hydrogen-bond donors (Lipinski definition) is 1. The van der Waals surface area contributed by atoms with Crippen molar-refractivity contribution >= 4 is 27.9 Å². The standard InChI is InChI=1S/C17H21BrO5/c1-22-15(19)13-9-17(21,7-8-18)10-14(13)16(20)23-11-12-5-3-2-4-6-12/h2-6,13-14,21H,7-11H2,1H3. The van der Waals surface area contributed by atoms with Crippen molar-refractivity contribution in [2.24, 2.45) is 11.8 Å². The van der Waals surface area contributed by atoms with Crippen LogP contribution in [0.1, 0.15) is 24.8 Å². The molecule has 1 fully saturated rings. The van der Waals surface area contributed by atoms with Crippen LogP contribution in [-0.2, 0) is 25.7 Å². The summed E-state index contributed by atoms with van der Waals surface area (Å²) < 4.78 is 10.1. The van der Waals surface area contributed by atoms with Gasteiger partial charge < -0.3 is 14.6 Å². The molecule has 23 heavy (non-hydrogen) atoms. The molecule has 5 nitrogen and oxygen atoms in total. The summed E-state index contributed by atoms with van der Waals surface area (Å²) in [4.78, 5) is 24.3. The Kier molecular flexibility index (Phi) is 6.18. The van der Waals surface area contributed by atoms with Crippen molar-refractivity contribution in [2.45, 2.75) is 31.5 Å². The van der Waals surface area contributed by atoms with Gasteiger partial charge in [-0.25, -0.2) is 0 Å². The van der Waals surface area contributed by atoms with E-state index in [1.807, 2.05) is 30.3 Å². The first-order valence-corrected chi connectivity index (χ1v) is 8.68. The summed E-state index contributed by atoms with van der Waals surface area (Å²) in [6, 6.07) is 9.34. The topological polar surface area (TPSA) is 72.8 Å². The molecule has 1 N–H and O–H groups in total. The average Bonchev–Trinajstić information content (AvgIpc) is 2.91. The molecule has 1 saturated carbocycles. The third-order valence-electron chi connectivity index (χ3n) is 4.28. The minimum Gasteiger partial charge on any atom is -0.469 e. The molecule has 3 atom stereocenters. The number of carbonyl (C=O) groups excluding carboxylic acids is 2. The predicted molar refractivity (Wildman–Crippen MR) is 87.8 cm³/mol. The molecule has 0 spiro atoms. The van der Waals surface area contributed by atoms with Crippen molar-refractivity contribution < 1.29 is 24.2 Å². The quantitative estimate of drug-likeness (QED) is 0.602. The fourth-order valence-corrected chi connectivity index (χ4v) is 3.79. The number of ether oxygens (including phenoxy) is 2. The van der Waals surface area contributed by atoms with Crippen LogP contribution in [-0.4, -0.2) is 35.1 Å². The highest BCUT2D eigenvalue weighted by molar-refractivity contribution is 9.09. The van der Waals surface area contributed by atoms with Crippen LogP contribution in [0.5, 0.6) is 0 Å². The number of alkyl halides is 1. The lowest BCUT2D eigenvalue weighted by Gasteiger charge is -2.21. The lowest BCUT2D eigenvalue weighted by Crippen LogP contribution is -2.27. The van der Waals surface area contributed by atoms with E-state index in [1.54, 1.807) is 0 Å². The first kappa shape index (κ1) is 17.9. The predicted octanol–water partition coefficient (Wildman–Crippen LogP) is 2.45. The smallest absolute Gasteiger partial charge is 0.310 e. The number of carbonyl (C=O) groups is 2. The molecule has 0 amide bonds. The second-order valence-corrected chi connectivity index (χ2v) is 6.69. The maximum atomic E-state index is 12.4. The molecule has 0 heterocycles. The van der Waals surface area contributed by atoms with Gasteiger partial charge >= 0.3 is 11.9 Å². The van der Waals surface area contributed by atoms with E-state index in [4.69, 9.17) is 9.47 Å². The first-order valence-electron chi connectivity index (χ1n) is 7.56. The molecule has 1 aliphatic carbocycles. The summed E-state index contributed by atoms with van der Waals surface area (Å²) in [7, 11) is 1.29. The van der Waals surface area contributed by atoms with Crippen LogP contribution >= 0.6 is 15.9 Å². The minimum atomic E-state index is -1.04. The Morgan fingerprint density at radius 1 is 1.22 bits per heavy atom.